The highest BCUT2D eigenvalue weighted by molar-refractivity contribution is 5.45. The van der Waals surface area contributed by atoms with Crippen LogP contribution in [0.1, 0.15) is 33.3 Å². The molecule has 146 valence electrons. The summed E-state index contributed by atoms with van der Waals surface area (Å²) in [5.74, 6) is 0. The molecule has 0 N–H and O–H groups in total. The van der Waals surface area contributed by atoms with Gasteiger partial charge in [-0.2, -0.15) is 26.0 Å². The van der Waals surface area contributed by atoms with Gasteiger partial charge in [-0.05, 0) is 33.3 Å². The van der Waals surface area contributed by atoms with Gasteiger partial charge < -0.3 is 0 Å². The fraction of sp³-hybridized carbons (Fsp3) is 0.261. The van der Waals surface area contributed by atoms with E-state index in [0.717, 1.165) is 0 Å². The van der Waals surface area contributed by atoms with Gasteiger partial charge in [0.05, 0.1) is 18.2 Å². The highest BCUT2D eigenvalue weighted by Crippen LogP contribution is 2.13. The van der Waals surface area contributed by atoms with Crippen LogP contribution in [-0.4, -0.2) is 11.1 Å². The maximum Gasteiger partial charge on any atom is 0.162 e. The molecule has 0 atom stereocenters. The number of rotatable bonds is 4. The molecule has 1 aromatic carbocycles. The summed E-state index contributed by atoms with van der Waals surface area (Å²) in [5, 5.41) is 32.2. The average molecular weight is 376 g/mol. The zero-order valence-electron chi connectivity index (χ0n) is 17.3. The summed E-state index contributed by atoms with van der Waals surface area (Å²) in [6.45, 7) is 20.0. The van der Waals surface area contributed by atoms with Crippen LogP contribution in [0.5, 0.6) is 0 Å². The quantitative estimate of drug-likeness (QED) is 0.344. The van der Waals surface area contributed by atoms with Gasteiger partial charge in [0, 0.05) is 6.08 Å². The second kappa shape index (κ2) is 18.1. The first-order valence-electron chi connectivity index (χ1n) is 8.27. The lowest BCUT2D eigenvalue weighted by atomic mass is 10.1. The normalized spacial score (nSPS) is 9.04. The summed E-state index contributed by atoms with van der Waals surface area (Å²) in [7, 11) is 0. The van der Waals surface area contributed by atoms with Crippen LogP contribution in [0.15, 0.2) is 85.1 Å². The lowest BCUT2D eigenvalue weighted by Crippen LogP contribution is -2.17. The Morgan fingerprint density at radius 3 is 1.32 bits per heavy atom. The van der Waals surface area contributed by atoms with E-state index < -0.39 is 11.1 Å². The molecule has 0 unspecified atom stereocenters. The molecule has 1 aromatic rings. The van der Waals surface area contributed by atoms with E-state index in [1.54, 1.807) is 45.9 Å². The lowest BCUT2D eigenvalue weighted by molar-refractivity contribution is 0.541. The molecule has 0 aliphatic carbocycles. The molecule has 0 aliphatic heterocycles. The first kappa shape index (κ1) is 29.0. The Morgan fingerprint density at radius 1 is 0.786 bits per heavy atom. The van der Waals surface area contributed by atoms with Crippen molar-refractivity contribution in [2.45, 2.75) is 38.8 Å². The number of nitrogens with zero attached hydrogens (tertiary/aromatic N) is 5. The van der Waals surface area contributed by atoms with Gasteiger partial charge in [-0.15, -0.1) is 0 Å². The van der Waals surface area contributed by atoms with Crippen molar-refractivity contribution in [2.75, 3.05) is 0 Å². The van der Waals surface area contributed by atoms with E-state index in [1.165, 1.54) is 11.6 Å². The Kier molecular flexibility index (Phi) is 18.7. The van der Waals surface area contributed by atoms with Crippen molar-refractivity contribution in [1.29, 1.82) is 15.8 Å². The van der Waals surface area contributed by atoms with E-state index >= 15 is 0 Å². The molecule has 0 saturated carbocycles. The predicted octanol–water partition coefficient (Wildman–Crippen LogP) is 6.43. The number of hydrogen-bond donors (Lipinski definition) is 0. The first-order valence-corrected chi connectivity index (χ1v) is 8.27. The fourth-order valence-corrected chi connectivity index (χ4v) is 0.884. The van der Waals surface area contributed by atoms with Crippen molar-refractivity contribution in [3.8, 4) is 18.2 Å². The largest absolute Gasteiger partial charge is 0.196 e. The molecular weight excluding hydrogens is 346 g/mol. The predicted molar refractivity (Wildman–Crippen MR) is 117 cm³/mol. The second-order valence-corrected chi connectivity index (χ2v) is 5.96. The molecule has 0 radical (unpaired) electrons. The summed E-state index contributed by atoms with van der Waals surface area (Å²) < 4.78 is 0. The molecular formula is C23H29N5. The van der Waals surface area contributed by atoms with Gasteiger partial charge in [-0.1, -0.05) is 74.9 Å². The third kappa shape index (κ3) is 22.2. The zero-order chi connectivity index (χ0) is 22.5. The molecule has 28 heavy (non-hydrogen) atoms. The Morgan fingerprint density at radius 2 is 1.14 bits per heavy atom. The van der Waals surface area contributed by atoms with Crippen molar-refractivity contribution < 1.29 is 0 Å². The van der Waals surface area contributed by atoms with Gasteiger partial charge >= 0.3 is 0 Å². The van der Waals surface area contributed by atoms with Crippen LogP contribution in [0.25, 0.3) is 6.08 Å². The number of nitriles is 3. The standard InChI is InChI=1S/C8H12N4.C8H8.C4H6.C3H3N/c1-7(2,5-9)11-12-8(3,4)6-10;1-2-8-6-4-3-5-7-8;1-3-4-2;1-2-3-4/h1-4H3;2-7H,1H2;3-4H,1-2H2;2H,1H2. The monoisotopic (exact) mass is 375 g/mol. The van der Waals surface area contributed by atoms with Crippen LogP contribution < -0.4 is 0 Å². The molecule has 0 saturated heterocycles. The van der Waals surface area contributed by atoms with Gasteiger partial charge in [0.25, 0.3) is 0 Å². The number of allylic oxidation sites excluding steroid dienone is 3. The fourth-order valence-electron chi connectivity index (χ4n) is 0.884. The summed E-state index contributed by atoms with van der Waals surface area (Å²) >= 11 is 0. The summed E-state index contributed by atoms with van der Waals surface area (Å²) in [4.78, 5) is 0. The highest BCUT2D eigenvalue weighted by Gasteiger charge is 2.19. The van der Waals surface area contributed by atoms with E-state index in [4.69, 9.17) is 15.8 Å². The van der Waals surface area contributed by atoms with E-state index in [9.17, 15) is 0 Å². The minimum absolute atomic E-state index is 0.839. The van der Waals surface area contributed by atoms with Crippen molar-refractivity contribution in [3.63, 3.8) is 0 Å². The molecule has 1 rings (SSSR count). The molecule has 0 amide bonds. The molecule has 0 fully saturated rings. The Labute approximate surface area is 170 Å². The average Bonchev–Trinajstić information content (AvgIpc) is 2.74. The maximum atomic E-state index is 8.58. The summed E-state index contributed by atoms with van der Waals surface area (Å²) in [6.07, 6.45) is 6.29. The van der Waals surface area contributed by atoms with Crippen molar-refractivity contribution in [2.24, 2.45) is 10.2 Å². The van der Waals surface area contributed by atoms with Gasteiger partial charge in [-0.25, -0.2) is 0 Å². The van der Waals surface area contributed by atoms with Gasteiger partial charge in [0.15, 0.2) is 11.1 Å². The minimum atomic E-state index is -0.839. The molecule has 0 heterocycles. The molecule has 5 heteroatoms. The van der Waals surface area contributed by atoms with E-state index in [0.29, 0.717) is 0 Å². The maximum absolute atomic E-state index is 8.58. The number of benzene rings is 1. The third-order valence-electron chi connectivity index (χ3n) is 2.39. The molecule has 0 aromatic heterocycles. The number of hydrogen-bond acceptors (Lipinski definition) is 5. The second-order valence-electron chi connectivity index (χ2n) is 5.96. The Bertz CT molecular complexity index is 702. The number of azo groups is 1. The first-order chi connectivity index (χ1) is 13.1. The molecule has 5 nitrogen and oxygen atoms in total. The lowest BCUT2D eigenvalue weighted by Gasteiger charge is -2.11. The van der Waals surface area contributed by atoms with E-state index in [-0.39, 0.29) is 0 Å². The van der Waals surface area contributed by atoms with Gasteiger partial charge in [0.1, 0.15) is 0 Å². The van der Waals surface area contributed by atoms with Crippen LogP contribution >= 0.6 is 0 Å². The van der Waals surface area contributed by atoms with Crippen molar-refractivity contribution >= 4 is 6.08 Å². The van der Waals surface area contributed by atoms with E-state index in [2.05, 4.69) is 36.5 Å². The highest BCUT2D eigenvalue weighted by atomic mass is 15.2. The van der Waals surface area contributed by atoms with Crippen LogP contribution in [0.3, 0.4) is 0 Å². The molecule has 0 spiro atoms. The van der Waals surface area contributed by atoms with Crippen LogP contribution in [0.4, 0.5) is 0 Å². The zero-order valence-corrected chi connectivity index (χ0v) is 17.3. The van der Waals surface area contributed by atoms with Gasteiger partial charge in [-0.3, -0.25) is 0 Å². The minimum Gasteiger partial charge on any atom is -0.196 e. The van der Waals surface area contributed by atoms with Crippen LogP contribution in [0.2, 0.25) is 0 Å². The third-order valence-corrected chi connectivity index (χ3v) is 2.39. The summed E-state index contributed by atoms with van der Waals surface area (Å²) in [5.41, 5.74) is -0.505. The van der Waals surface area contributed by atoms with Crippen molar-refractivity contribution in [1.82, 2.24) is 0 Å². The SMILES string of the molecule is C=CC#N.C=CC=C.C=Cc1ccccc1.CC(C)(C#N)N=NC(C)(C)C#N. The van der Waals surface area contributed by atoms with E-state index in [1.807, 2.05) is 48.5 Å². The smallest absolute Gasteiger partial charge is 0.162 e. The van der Waals surface area contributed by atoms with Gasteiger partial charge in [0.2, 0.25) is 0 Å². The van der Waals surface area contributed by atoms with Crippen molar-refractivity contribution in [3.05, 3.63) is 80.4 Å². The summed E-state index contributed by atoms with van der Waals surface area (Å²) in [6, 6.07) is 15.7. The topological polar surface area (TPSA) is 96.1 Å². The Balaban J connectivity index is -0.000000334. The molecule has 0 aliphatic rings. The van der Waals surface area contributed by atoms with Crippen LogP contribution in [-0.2, 0) is 0 Å². The van der Waals surface area contributed by atoms with Crippen LogP contribution in [0, 0.1) is 34.0 Å². The molecule has 0 bridgehead atoms. The Hall–Kier alpha value is -3.75.